The monoisotopic (exact) mass is 476 g/mol. The van der Waals surface area contributed by atoms with Crippen LogP contribution in [0.4, 0.5) is 10.1 Å². The summed E-state index contributed by atoms with van der Waals surface area (Å²) in [6.07, 6.45) is 4.08. The zero-order valence-electron chi connectivity index (χ0n) is 16.6. The molecule has 0 heterocycles. The smallest absolute Gasteiger partial charge is 0.194 e. The lowest BCUT2D eigenvalue weighted by Gasteiger charge is -2.12. The molecule has 0 saturated carbocycles. The van der Waals surface area contributed by atoms with Crippen molar-refractivity contribution in [3.63, 3.8) is 0 Å². The fourth-order valence-electron chi connectivity index (χ4n) is 1.93. The van der Waals surface area contributed by atoms with Gasteiger partial charge in [-0.3, -0.25) is 10.1 Å². The maximum Gasteiger partial charge on any atom is 0.194 e. The molecule has 0 bridgehead atoms. The molecular formula is C19H26BrFN2O4S. The van der Waals surface area contributed by atoms with Crippen LogP contribution in [-0.2, 0) is 6.54 Å². The van der Waals surface area contributed by atoms with E-state index in [0.717, 1.165) is 12.6 Å². The number of halogens is 2. The van der Waals surface area contributed by atoms with Crippen molar-refractivity contribution < 1.29 is 18.8 Å². The Morgan fingerprint density at radius 3 is 2.32 bits per heavy atom. The van der Waals surface area contributed by atoms with E-state index in [1.807, 2.05) is 37.6 Å². The van der Waals surface area contributed by atoms with Crippen LogP contribution < -0.4 is 14.8 Å². The summed E-state index contributed by atoms with van der Waals surface area (Å²) in [5.41, 5.74) is 1.45. The van der Waals surface area contributed by atoms with E-state index >= 15 is 0 Å². The second-order valence-electron chi connectivity index (χ2n) is 5.24. The number of benzene rings is 2. The van der Waals surface area contributed by atoms with Gasteiger partial charge in [0.25, 0.3) is 0 Å². The van der Waals surface area contributed by atoms with Gasteiger partial charge in [0.15, 0.2) is 18.5 Å². The van der Waals surface area contributed by atoms with E-state index in [0.29, 0.717) is 34.8 Å². The predicted molar refractivity (Wildman–Crippen MR) is 118 cm³/mol. The van der Waals surface area contributed by atoms with Crippen LogP contribution >= 0.6 is 27.7 Å². The van der Waals surface area contributed by atoms with Gasteiger partial charge in [-0.2, -0.15) is 11.8 Å². The number of thioether (sulfide) groups is 1. The van der Waals surface area contributed by atoms with Crippen molar-refractivity contribution in [3.8, 4) is 11.5 Å². The first-order valence-electron chi connectivity index (χ1n) is 8.25. The molecule has 2 aromatic carbocycles. The zero-order chi connectivity index (χ0) is 21.5. The third-order valence-corrected chi connectivity index (χ3v) is 3.44. The lowest BCUT2D eigenvalue weighted by atomic mass is 10.2. The summed E-state index contributed by atoms with van der Waals surface area (Å²) in [4.78, 5) is 8.31. The maximum atomic E-state index is 13.7. The summed E-state index contributed by atoms with van der Waals surface area (Å²) in [7, 11) is 2.49. The van der Waals surface area contributed by atoms with Crippen molar-refractivity contribution in [3.05, 3.63) is 62.4 Å². The molecule has 1 N–H and O–H groups in total. The van der Waals surface area contributed by atoms with Gasteiger partial charge >= 0.3 is 0 Å². The number of rotatable bonds is 6. The summed E-state index contributed by atoms with van der Waals surface area (Å²) in [6.45, 7) is 2.98. The van der Waals surface area contributed by atoms with E-state index < -0.39 is 4.92 Å². The molecule has 0 fully saturated rings. The Kier molecular flexibility index (Phi) is 13.9. The van der Waals surface area contributed by atoms with E-state index in [9.17, 15) is 4.39 Å². The Bertz CT molecular complexity index is 731. The molecule has 0 aliphatic carbocycles. The maximum absolute atomic E-state index is 13.7. The predicted octanol–water partition coefficient (Wildman–Crippen LogP) is 5.48. The lowest BCUT2D eigenvalue weighted by molar-refractivity contribution is -0.445. The molecular weight excluding hydrogens is 451 g/mol. The third kappa shape index (κ3) is 11.0. The van der Waals surface area contributed by atoms with Gasteiger partial charge in [-0.25, -0.2) is 4.39 Å². The van der Waals surface area contributed by atoms with Gasteiger partial charge in [0.05, 0.1) is 19.4 Å². The van der Waals surface area contributed by atoms with Crippen LogP contribution in [0.3, 0.4) is 0 Å². The first kappa shape index (κ1) is 26.0. The largest absolute Gasteiger partial charge is 0.493 e. The van der Waals surface area contributed by atoms with E-state index in [1.165, 1.54) is 6.07 Å². The van der Waals surface area contributed by atoms with Crippen LogP contribution in [0, 0.1) is 15.9 Å². The molecule has 9 heteroatoms. The minimum atomic E-state index is -0.500. The summed E-state index contributed by atoms with van der Waals surface area (Å²) < 4.78 is 25.2. The van der Waals surface area contributed by atoms with Crippen molar-refractivity contribution in [1.29, 1.82) is 0 Å². The van der Waals surface area contributed by atoms with Gasteiger partial charge in [0.1, 0.15) is 5.82 Å². The van der Waals surface area contributed by atoms with Crippen molar-refractivity contribution >= 4 is 33.4 Å². The Morgan fingerprint density at radius 1 is 1.21 bits per heavy atom. The highest BCUT2D eigenvalue weighted by molar-refractivity contribution is 9.10. The Labute approximate surface area is 178 Å². The fraction of sp³-hybridized carbons (Fsp3) is 0.368. The molecule has 0 aliphatic heterocycles. The summed E-state index contributed by atoms with van der Waals surface area (Å²) in [5.74, 6) is 1.09. The van der Waals surface area contributed by atoms with Crippen LogP contribution in [0.5, 0.6) is 11.5 Å². The third-order valence-electron chi connectivity index (χ3n) is 2.94. The van der Waals surface area contributed by atoms with Crippen molar-refractivity contribution in [2.45, 2.75) is 13.5 Å². The van der Waals surface area contributed by atoms with E-state index in [1.54, 1.807) is 31.0 Å². The Morgan fingerprint density at radius 2 is 1.82 bits per heavy atom. The Hall–Kier alpha value is -2.00. The molecule has 0 unspecified atom stereocenters. The lowest BCUT2D eigenvalue weighted by Crippen LogP contribution is -2.03. The minimum Gasteiger partial charge on any atom is -0.493 e. The molecule has 0 atom stereocenters. The average Bonchev–Trinajstić information content (AvgIpc) is 2.62. The topological polar surface area (TPSA) is 73.6 Å². The summed E-state index contributed by atoms with van der Waals surface area (Å²) >= 11 is 4.99. The standard InChI is InChI=1S/C16H17BrFNO2.C2H6S.CH3NO2/c1-3-21-16-8-11(4-7-15(16)20-2)10-19-14-6-5-12(17)9-13(14)18;1-3-2;1-2(3)4/h4-9,19H,3,10H2,1-2H3;1-2H3;1H3. The Balaban J connectivity index is 0.000000904. The number of hydrogen-bond donors (Lipinski definition) is 1. The molecule has 2 rings (SSSR count). The normalized spacial score (nSPS) is 9.25. The number of anilines is 1. The average molecular weight is 477 g/mol. The van der Waals surface area contributed by atoms with Gasteiger partial charge < -0.3 is 14.8 Å². The first-order chi connectivity index (χ1) is 13.3. The quantitative estimate of drug-likeness (QED) is 0.439. The number of nitrogens with zero attached hydrogens (tertiary/aromatic N) is 1. The van der Waals surface area contributed by atoms with Gasteiger partial charge in [-0.15, -0.1) is 0 Å². The molecule has 6 nitrogen and oxygen atoms in total. The summed E-state index contributed by atoms with van der Waals surface area (Å²) in [5, 5.41) is 11.9. The van der Waals surface area contributed by atoms with Gasteiger partial charge in [-0.05, 0) is 55.3 Å². The number of ether oxygens (including phenoxy) is 2. The highest BCUT2D eigenvalue weighted by Crippen LogP contribution is 2.28. The van der Waals surface area contributed by atoms with Crippen molar-refractivity contribution in [2.75, 3.05) is 38.6 Å². The number of hydrogen-bond acceptors (Lipinski definition) is 6. The van der Waals surface area contributed by atoms with Crippen LogP contribution in [0.25, 0.3) is 0 Å². The number of nitrogens with one attached hydrogen (secondary N) is 1. The van der Waals surface area contributed by atoms with Crippen LogP contribution in [0.2, 0.25) is 0 Å². The SMILES string of the molecule is CCOc1cc(CNc2ccc(Br)cc2F)ccc1OC.CSC.C[N+](=O)[O-]. The molecule has 28 heavy (non-hydrogen) atoms. The second-order valence-corrected chi connectivity index (χ2v) is 6.98. The molecule has 0 amide bonds. The molecule has 0 aliphatic rings. The van der Waals surface area contributed by atoms with Crippen LogP contribution in [-0.4, -0.2) is 38.2 Å². The van der Waals surface area contributed by atoms with E-state index in [4.69, 9.17) is 19.6 Å². The molecule has 0 aromatic heterocycles. The van der Waals surface area contributed by atoms with Crippen LogP contribution in [0.15, 0.2) is 40.9 Å². The molecule has 0 saturated heterocycles. The highest BCUT2D eigenvalue weighted by atomic mass is 79.9. The molecule has 156 valence electrons. The zero-order valence-corrected chi connectivity index (χ0v) is 19.0. The number of nitro groups is 1. The van der Waals surface area contributed by atoms with Crippen LogP contribution in [0.1, 0.15) is 12.5 Å². The minimum absolute atomic E-state index is 0.289. The number of methoxy groups -OCH3 is 1. The summed E-state index contributed by atoms with van der Waals surface area (Å²) in [6, 6.07) is 10.6. The van der Waals surface area contributed by atoms with Gasteiger partial charge in [0.2, 0.25) is 0 Å². The van der Waals surface area contributed by atoms with Crippen molar-refractivity contribution in [1.82, 2.24) is 0 Å². The van der Waals surface area contributed by atoms with E-state index in [-0.39, 0.29) is 5.82 Å². The van der Waals surface area contributed by atoms with E-state index in [2.05, 4.69) is 21.2 Å². The molecule has 0 spiro atoms. The second kappa shape index (κ2) is 15.0. The molecule has 0 radical (unpaired) electrons. The molecule has 2 aromatic rings. The highest BCUT2D eigenvalue weighted by Gasteiger charge is 2.07. The first-order valence-corrected chi connectivity index (χ1v) is 10.7. The van der Waals surface area contributed by atoms with Gasteiger partial charge in [0, 0.05) is 15.9 Å². The van der Waals surface area contributed by atoms with Crippen molar-refractivity contribution in [2.24, 2.45) is 0 Å². The fourth-order valence-corrected chi connectivity index (χ4v) is 2.26. The van der Waals surface area contributed by atoms with Gasteiger partial charge in [-0.1, -0.05) is 22.0 Å².